The third kappa shape index (κ3) is 4.27. The van der Waals surface area contributed by atoms with Gasteiger partial charge in [-0.1, -0.05) is 30.9 Å². The van der Waals surface area contributed by atoms with Crippen LogP contribution in [0.15, 0.2) is 59.8 Å². The van der Waals surface area contributed by atoms with Gasteiger partial charge in [-0.15, -0.1) is 0 Å². The van der Waals surface area contributed by atoms with E-state index in [4.69, 9.17) is 4.74 Å². The normalized spacial score (nSPS) is 11.7. The number of rotatable bonds is 5. The summed E-state index contributed by atoms with van der Waals surface area (Å²) < 4.78 is 5.54. The van der Waals surface area contributed by atoms with Crippen molar-refractivity contribution in [1.29, 1.82) is 0 Å². The highest BCUT2D eigenvalue weighted by atomic mass is 16.5. The van der Waals surface area contributed by atoms with Gasteiger partial charge in [-0.25, -0.2) is 0 Å². The molecule has 0 bridgehead atoms. The van der Waals surface area contributed by atoms with Crippen molar-refractivity contribution in [1.82, 2.24) is 0 Å². The van der Waals surface area contributed by atoms with E-state index in [1.54, 1.807) is 12.3 Å². The molecule has 0 aliphatic rings. The van der Waals surface area contributed by atoms with Crippen molar-refractivity contribution >= 4 is 6.21 Å². The van der Waals surface area contributed by atoms with Crippen LogP contribution in [0.3, 0.4) is 0 Å². The Morgan fingerprint density at radius 2 is 2.13 bits per heavy atom. The first kappa shape index (κ1) is 11.2. The number of para-hydroxylation sites is 1. The number of ether oxygens (including phenoxy) is 1. The maximum Gasteiger partial charge on any atom is 0.130 e. The molecule has 0 saturated carbocycles. The fourth-order valence-electron chi connectivity index (χ4n) is 1.10. The smallest absolute Gasteiger partial charge is 0.130 e. The first-order valence-electron chi connectivity index (χ1n) is 4.85. The fourth-order valence-corrected chi connectivity index (χ4v) is 1.10. The summed E-state index contributed by atoms with van der Waals surface area (Å²) in [5.41, 5.74) is 0.858. The molecular formula is C13H15NO. The highest BCUT2D eigenvalue weighted by Crippen LogP contribution is 2.10. The van der Waals surface area contributed by atoms with Crippen molar-refractivity contribution < 1.29 is 4.74 Å². The Bertz CT molecular complexity index is 352. The summed E-state index contributed by atoms with van der Waals surface area (Å²) in [4.78, 5) is 4.17. The van der Waals surface area contributed by atoms with Gasteiger partial charge in [0.25, 0.3) is 0 Å². The number of allylic oxidation sites excluding steroid dienone is 2. The Morgan fingerprint density at radius 3 is 2.73 bits per heavy atom. The van der Waals surface area contributed by atoms with Crippen molar-refractivity contribution in [3.8, 4) is 5.75 Å². The van der Waals surface area contributed by atoms with Crippen molar-refractivity contribution in [2.24, 2.45) is 4.99 Å². The van der Waals surface area contributed by atoms with Crippen LogP contribution in [0.1, 0.15) is 6.92 Å². The Morgan fingerprint density at radius 1 is 1.40 bits per heavy atom. The predicted molar refractivity (Wildman–Crippen MR) is 64.4 cm³/mol. The molecule has 0 N–H and O–H groups in total. The summed E-state index contributed by atoms with van der Waals surface area (Å²) in [6.45, 7) is 5.97. The van der Waals surface area contributed by atoms with Crippen molar-refractivity contribution in [2.45, 2.75) is 6.92 Å². The lowest BCUT2D eigenvalue weighted by Gasteiger charge is -2.05. The van der Waals surface area contributed by atoms with Gasteiger partial charge in [0.15, 0.2) is 0 Å². The molecule has 1 aromatic rings. The second kappa shape index (κ2) is 6.60. The second-order valence-corrected chi connectivity index (χ2v) is 2.88. The van der Waals surface area contributed by atoms with Crippen LogP contribution < -0.4 is 4.74 Å². The van der Waals surface area contributed by atoms with E-state index >= 15 is 0 Å². The molecule has 0 fully saturated rings. The minimum Gasteiger partial charge on any atom is -0.487 e. The van der Waals surface area contributed by atoms with Gasteiger partial charge >= 0.3 is 0 Å². The van der Waals surface area contributed by atoms with E-state index in [0.29, 0.717) is 6.61 Å². The summed E-state index contributed by atoms with van der Waals surface area (Å²) in [7, 11) is 0. The topological polar surface area (TPSA) is 21.6 Å². The van der Waals surface area contributed by atoms with Crippen molar-refractivity contribution in [3.63, 3.8) is 0 Å². The molecule has 0 saturated heterocycles. The SMILES string of the molecule is C=C/C=C(/COc1ccccc1)N=CC. The molecule has 0 aliphatic heterocycles. The number of benzene rings is 1. The van der Waals surface area contributed by atoms with E-state index in [2.05, 4.69) is 11.6 Å². The molecule has 0 atom stereocenters. The Balaban J connectivity index is 2.55. The lowest BCUT2D eigenvalue weighted by atomic mass is 10.3. The van der Waals surface area contributed by atoms with Crippen molar-refractivity contribution in [2.75, 3.05) is 6.61 Å². The molecule has 0 aliphatic carbocycles. The monoisotopic (exact) mass is 201 g/mol. The van der Waals surface area contributed by atoms with Gasteiger partial charge in [0, 0.05) is 6.21 Å². The van der Waals surface area contributed by atoms with Crippen molar-refractivity contribution in [3.05, 3.63) is 54.8 Å². The molecular weight excluding hydrogens is 186 g/mol. The summed E-state index contributed by atoms with van der Waals surface area (Å²) >= 11 is 0. The molecule has 0 radical (unpaired) electrons. The van der Waals surface area contributed by atoms with Gasteiger partial charge in [-0.3, -0.25) is 4.99 Å². The Hall–Kier alpha value is -1.83. The largest absolute Gasteiger partial charge is 0.487 e. The van der Waals surface area contributed by atoms with Gasteiger partial charge in [0.1, 0.15) is 12.4 Å². The van der Waals surface area contributed by atoms with Crippen LogP contribution in [0.5, 0.6) is 5.75 Å². The van der Waals surface area contributed by atoms with Gasteiger partial charge < -0.3 is 4.74 Å². The molecule has 15 heavy (non-hydrogen) atoms. The van der Waals surface area contributed by atoms with Gasteiger partial charge in [-0.2, -0.15) is 0 Å². The first-order chi connectivity index (χ1) is 7.36. The zero-order valence-corrected chi connectivity index (χ0v) is 8.89. The summed E-state index contributed by atoms with van der Waals surface area (Å²) in [6, 6.07) is 9.67. The van der Waals surface area contributed by atoms with Crippen LogP contribution >= 0.6 is 0 Å². The van der Waals surface area contributed by atoms with Gasteiger partial charge in [-0.05, 0) is 25.1 Å². The van der Waals surface area contributed by atoms with Gasteiger partial charge in [0.05, 0.1) is 5.70 Å². The zero-order chi connectivity index (χ0) is 10.9. The first-order valence-corrected chi connectivity index (χ1v) is 4.85. The van der Waals surface area contributed by atoms with Crippen LogP contribution in [0.25, 0.3) is 0 Å². The van der Waals surface area contributed by atoms with Crippen LogP contribution in [0.2, 0.25) is 0 Å². The molecule has 78 valence electrons. The Labute approximate surface area is 90.6 Å². The third-order valence-electron chi connectivity index (χ3n) is 1.74. The quantitative estimate of drug-likeness (QED) is 0.529. The number of hydrogen-bond acceptors (Lipinski definition) is 2. The second-order valence-electron chi connectivity index (χ2n) is 2.88. The summed E-state index contributed by atoms with van der Waals surface area (Å²) in [5.74, 6) is 0.846. The molecule has 0 spiro atoms. The van der Waals surface area contributed by atoms with E-state index < -0.39 is 0 Å². The zero-order valence-electron chi connectivity index (χ0n) is 8.89. The van der Waals surface area contributed by atoms with Crippen LogP contribution in [-0.2, 0) is 0 Å². The Kier molecular flexibility index (Phi) is 4.95. The molecule has 0 amide bonds. The average Bonchev–Trinajstić information content (AvgIpc) is 2.28. The van der Waals surface area contributed by atoms with Crippen LogP contribution in [0, 0.1) is 0 Å². The van der Waals surface area contributed by atoms with Crippen LogP contribution in [-0.4, -0.2) is 12.8 Å². The van der Waals surface area contributed by atoms with Crippen LogP contribution in [0.4, 0.5) is 0 Å². The standard InChI is InChI=1S/C13H15NO/c1-3-8-12(14-4-2)11-15-13-9-6-5-7-10-13/h3-10H,1,11H2,2H3/b12-8-,14-4?. The lowest BCUT2D eigenvalue weighted by Crippen LogP contribution is -1.99. The van der Waals surface area contributed by atoms with E-state index in [1.807, 2.05) is 43.3 Å². The van der Waals surface area contributed by atoms with E-state index in [-0.39, 0.29) is 0 Å². The lowest BCUT2D eigenvalue weighted by molar-refractivity contribution is 0.351. The highest BCUT2D eigenvalue weighted by molar-refractivity contribution is 5.55. The third-order valence-corrected chi connectivity index (χ3v) is 1.74. The maximum atomic E-state index is 5.54. The molecule has 0 heterocycles. The fraction of sp³-hybridized carbons (Fsp3) is 0.154. The number of aliphatic imine (C=N–C) groups is 1. The predicted octanol–water partition coefficient (Wildman–Crippen LogP) is 3.23. The minimum absolute atomic E-state index is 0.459. The van der Waals surface area contributed by atoms with E-state index in [0.717, 1.165) is 11.4 Å². The van der Waals surface area contributed by atoms with E-state index in [9.17, 15) is 0 Å². The molecule has 0 unspecified atom stereocenters. The minimum atomic E-state index is 0.459. The molecule has 0 aromatic heterocycles. The maximum absolute atomic E-state index is 5.54. The molecule has 2 nitrogen and oxygen atoms in total. The summed E-state index contributed by atoms with van der Waals surface area (Å²) in [5, 5.41) is 0. The number of nitrogens with zero attached hydrogens (tertiary/aromatic N) is 1. The van der Waals surface area contributed by atoms with E-state index in [1.165, 1.54) is 0 Å². The van der Waals surface area contributed by atoms with Gasteiger partial charge in [0.2, 0.25) is 0 Å². The highest BCUT2D eigenvalue weighted by Gasteiger charge is 1.94. The summed E-state index contributed by atoms with van der Waals surface area (Å²) in [6.07, 6.45) is 5.28. The molecule has 1 aromatic carbocycles. The average molecular weight is 201 g/mol. The molecule has 1 rings (SSSR count). The molecule has 2 heteroatoms. The number of hydrogen-bond donors (Lipinski definition) is 0.